The number of likely N-dealkylation sites (tertiary alicyclic amines) is 3. The van der Waals surface area contributed by atoms with Gasteiger partial charge in [-0.05, 0) is 93.5 Å². The van der Waals surface area contributed by atoms with Gasteiger partial charge in [-0.25, -0.2) is 4.79 Å². The van der Waals surface area contributed by atoms with Crippen LogP contribution in [0, 0.1) is 0 Å². The summed E-state index contributed by atoms with van der Waals surface area (Å²) >= 11 is 0. The summed E-state index contributed by atoms with van der Waals surface area (Å²) in [6.07, 6.45) is 3.94. The highest BCUT2D eigenvalue weighted by atomic mass is 16.6. The topological polar surface area (TPSA) is 99.3 Å². The summed E-state index contributed by atoms with van der Waals surface area (Å²) in [4.78, 5) is 58.1. The van der Waals surface area contributed by atoms with E-state index in [9.17, 15) is 19.2 Å². The molecule has 0 spiro atoms. The molecule has 3 heterocycles. The van der Waals surface area contributed by atoms with Crippen LogP contribution in [0.25, 0.3) is 0 Å². The summed E-state index contributed by atoms with van der Waals surface area (Å²) in [5.41, 5.74) is -1.10. The van der Waals surface area contributed by atoms with E-state index in [0.29, 0.717) is 38.9 Å². The van der Waals surface area contributed by atoms with Crippen LogP contribution < -0.4 is 5.32 Å². The third-order valence-corrected chi connectivity index (χ3v) is 7.00. The van der Waals surface area contributed by atoms with E-state index in [0.717, 1.165) is 19.3 Å². The molecule has 4 atom stereocenters. The number of carbonyl (C=O) groups is 4. The minimum absolute atomic E-state index is 0.00863. The Morgan fingerprint density at radius 2 is 1.40 bits per heavy atom. The predicted molar refractivity (Wildman–Crippen MR) is 133 cm³/mol. The molecular formula is C26H44N4O5. The van der Waals surface area contributed by atoms with Gasteiger partial charge in [0.25, 0.3) is 0 Å². The van der Waals surface area contributed by atoms with Gasteiger partial charge in [-0.3, -0.25) is 19.3 Å². The molecule has 35 heavy (non-hydrogen) atoms. The molecule has 3 amide bonds. The summed E-state index contributed by atoms with van der Waals surface area (Å²) in [6, 6.07) is -1.91. The first-order chi connectivity index (χ1) is 16.2. The van der Waals surface area contributed by atoms with Crippen molar-refractivity contribution in [3.05, 3.63) is 0 Å². The maximum absolute atomic E-state index is 13.7. The molecule has 0 aromatic rings. The molecule has 0 bridgehead atoms. The Labute approximate surface area is 209 Å². The lowest BCUT2D eigenvalue weighted by Crippen LogP contribution is -2.63. The maximum Gasteiger partial charge on any atom is 0.410 e. The first-order valence-corrected chi connectivity index (χ1v) is 13.1. The van der Waals surface area contributed by atoms with Crippen molar-refractivity contribution < 1.29 is 23.9 Å². The second-order valence-corrected chi connectivity index (χ2v) is 12.3. The van der Waals surface area contributed by atoms with Crippen molar-refractivity contribution in [3.8, 4) is 0 Å². The van der Waals surface area contributed by atoms with E-state index in [1.807, 2.05) is 46.4 Å². The van der Waals surface area contributed by atoms with E-state index >= 15 is 0 Å². The van der Waals surface area contributed by atoms with Crippen LogP contribution in [0.15, 0.2) is 0 Å². The summed E-state index contributed by atoms with van der Waals surface area (Å²) in [5, 5.41) is 3.10. The standard InChI is InChI=1S/C26H44N4O5/c1-17(31)18-11-8-15-29(18)23(33)20-13-10-14-28(20)21(22(32)27-25(2,3)4)19-12-9-16-30(19)24(34)35-26(5,6)7/h18-21H,8-16H2,1-7H3,(H,27,32)/t18-,19-,20-,21?/m0/s1. The Morgan fingerprint density at radius 1 is 0.829 bits per heavy atom. The Balaban J connectivity index is 1.91. The highest BCUT2D eigenvalue weighted by Crippen LogP contribution is 2.32. The molecule has 3 aliphatic rings. The fraction of sp³-hybridized carbons (Fsp3) is 0.846. The van der Waals surface area contributed by atoms with Gasteiger partial charge < -0.3 is 19.9 Å². The molecule has 1 N–H and O–H groups in total. The molecule has 0 aromatic carbocycles. The van der Waals surface area contributed by atoms with Gasteiger partial charge in [0.05, 0.1) is 18.1 Å². The number of hydrogen-bond donors (Lipinski definition) is 1. The lowest BCUT2D eigenvalue weighted by Gasteiger charge is -2.41. The second kappa shape index (κ2) is 10.4. The molecule has 0 aromatic heterocycles. The number of rotatable bonds is 5. The number of carbonyl (C=O) groups excluding carboxylic acids is 4. The van der Waals surface area contributed by atoms with Gasteiger partial charge >= 0.3 is 6.09 Å². The molecule has 9 heteroatoms. The molecule has 0 aliphatic carbocycles. The molecule has 3 fully saturated rings. The average Bonchev–Trinajstić information content (AvgIpc) is 3.45. The number of nitrogens with zero attached hydrogens (tertiary/aromatic N) is 3. The Hall–Kier alpha value is -2.16. The highest BCUT2D eigenvalue weighted by Gasteiger charge is 2.49. The van der Waals surface area contributed by atoms with Crippen LogP contribution in [-0.4, -0.2) is 93.3 Å². The highest BCUT2D eigenvalue weighted by molar-refractivity contribution is 5.91. The lowest BCUT2D eigenvalue weighted by atomic mass is 9.99. The summed E-state index contributed by atoms with van der Waals surface area (Å²) in [5.74, 6) is -0.243. The Bertz CT molecular complexity index is 831. The molecule has 198 valence electrons. The zero-order chi connectivity index (χ0) is 26.1. The zero-order valence-electron chi connectivity index (χ0n) is 22.6. The van der Waals surface area contributed by atoms with Crippen molar-refractivity contribution >= 4 is 23.7 Å². The van der Waals surface area contributed by atoms with Crippen molar-refractivity contribution in [2.24, 2.45) is 0 Å². The third-order valence-electron chi connectivity index (χ3n) is 7.00. The molecule has 9 nitrogen and oxygen atoms in total. The maximum atomic E-state index is 13.7. The summed E-state index contributed by atoms with van der Waals surface area (Å²) < 4.78 is 5.67. The minimum Gasteiger partial charge on any atom is -0.444 e. The van der Waals surface area contributed by atoms with Crippen molar-refractivity contribution in [1.82, 2.24) is 20.0 Å². The normalized spacial score (nSPS) is 26.7. The monoisotopic (exact) mass is 492 g/mol. The van der Waals surface area contributed by atoms with Crippen LogP contribution in [0.2, 0.25) is 0 Å². The van der Waals surface area contributed by atoms with Gasteiger partial charge in [-0.15, -0.1) is 0 Å². The van der Waals surface area contributed by atoms with Gasteiger partial charge in [0, 0.05) is 18.6 Å². The van der Waals surface area contributed by atoms with E-state index in [1.54, 1.807) is 16.7 Å². The third kappa shape index (κ3) is 6.54. The number of nitrogens with one attached hydrogen (secondary N) is 1. The quantitative estimate of drug-likeness (QED) is 0.634. The first-order valence-electron chi connectivity index (χ1n) is 13.1. The second-order valence-electron chi connectivity index (χ2n) is 12.3. The van der Waals surface area contributed by atoms with Gasteiger partial charge in [-0.1, -0.05) is 0 Å². The van der Waals surface area contributed by atoms with Crippen molar-refractivity contribution in [1.29, 1.82) is 0 Å². The molecule has 0 radical (unpaired) electrons. The number of ketones is 1. The predicted octanol–water partition coefficient (Wildman–Crippen LogP) is 2.71. The first kappa shape index (κ1) is 27.4. The van der Waals surface area contributed by atoms with Crippen LogP contribution in [0.1, 0.15) is 87.0 Å². The smallest absolute Gasteiger partial charge is 0.410 e. The van der Waals surface area contributed by atoms with Gasteiger partial charge in [-0.2, -0.15) is 0 Å². The fourth-order valence-corrected chi connectivity index (χ4v) is 5.69. The molecular weight excluding hydrogens is 448 g/mol. The van der Waals surface area contributed by atoms with E-state index in [1.165, 1.54) is 0 Å². The van der Waals surface area contributed by atoms with Crippen molar-refractivity contribution in [2.45, 2.75) is 122 Å². The molecule has 3 rings (SSSR count). The Morgan fingerprint density at radius 3 is 2.00 bits per heavy atom. The van der Waals surface area contributed by atoms with Crippen LogP contribution in [-0.2, 0) is 19.1 Å². The minimum atomic E-state index is -0.668. The van der Waals surface area contributed by atoms with Gasteiger partial charge in [0.15, 0.2) is 5.78 Å². The number of Topliss-reactive ketones (excluding diaryl/α,β-unsaturated/α-hetero) is 1. The lowest BCUT2D eigenvalue weighted by molar-refractivity contribution is -0.143. The molecule has 1 unspecified atom stereocenters. The molecule has 3 saturated heterocycles. The summed E-state index contributed by atoms with van der Waals surface area (Å²) in [7, 11) is 0. The van der Waals surface area contributed by atoms with Crippen molar-refractivity contribution in [3.63, 3.8) is 0 Å². The number of ether oxygens (including phenoxy) is 1. The van der Waals surface area contributed by atoms with E-state index < -0.39 is 29.3 Å². The van der Waals surface area contributed by atoms with Crippen LogP contribution in [0.4, 0.5) is 4.79 Å². The number of hydrogen-bond acceptors (Lipinski definition) is 6. The molecule has 0 saturated carbocycles. The fourth-order valence-electron chi connectivity index (χ4n) is 5.69. The van der Waals surface area contributed by atoms with Crippen LogP contribution in [0.3, 0.4) is 0 Å². The van der Waals surface area contributed by atoms with E-state index in [2.05, 4.69) is 5.32 Å². The van der Waals surface area contributed by atoms with Crippen molar-refractivity contribution in [2.75, 3.05) is 19.6 Å². The summed E-state index contributed by atoms with van der Waals surface area (Å²) in [6.45, 7) is 14.5. The average molecular weight is 493 g/mol. The largest absolute Gasteiger partial charge is 0.444 e. The van der Waals surface area contributed by atoms with Crippen LogP contribution >= 0.6 is 0 Å². The van der Waals surface area contributed by atoms with Crippen LogP contribution in [0.5, 0.6) is 0 Å². The SMILES string of the molecule is CC(=O)[C@@H]1CCCN1C(=O)[C@@H]1CCCN1C(C(=O)NC(C)(C)C)[C@@H]1CCCN1C(=O)OC(C)(C)C. The van der Waals surface area contributed by atoms with Gasteiger partial charge in [0.2, 0.25) is 11.8 Å². The molecule has 3 aliphatic heterocycles. The number of amides is 3. The van der Waals surface area contributed by atoms with E-state index in [4.69, 9.17) is 4.74 Å². The van der Waals surface area contributed by atoms with E-state index in [-0.39, 0.29) is 29.7 Å². The Kier molecular flexibility index (Phi) is 8.19. The van der Waals surface area contributed by atoms with Gasteiger partial charge in [0.1, 0.15) is 11.6 Å². The zero-order valence-corrected chi connectivity index (χ0v) is 22.6.